The van der Waals surface area contributed by atoms with Gasteiger partial charge in [0.25, 0.3) is 5.91 Å². The second kappa shape index (κ2) is 6.07. The number of oxazole rings is 1. The average Bonchev–Trinajstić information content (AvgIpc) is 2.88. The number of hydrogen-bond donors (Lipinski definition) is 0. The first-order valence-corrected chi connectivity index (χ1v) is 8.01. The van der Waals surface area contributed by atoms with E-state index in [0.29, 0.717) is 30.4 Å². The van der Waals surface area contributed by atoms with E-state index in [-0.39, 0.29) is 5.91 Å². The van der Waals surface area contributed by atoms with E-state index >= 15 is 0 Å². The SMILES string of the molecule is Cc1ccc(C)c(N2CCN(C(=O)c3nc(C)oc3C)CC2)c1. The van der Waals surface area contributed by atoms with Crippen LogP contribution in [-0.2, 0) is 0 Å². The lowest BCUT2D eigenvalue weighted by molar-refractivity contribution is 0.0739. The van der Waals surface area contributed by atoms with Crippen LogP contribution < -0.4 is 4.90 Å². The van der Waals surface area contributed by atoms with Gasteiger partial charge in [-0.1, -0.05) is 12.1 Å². The summed E-state index contributed by atoms with van der Waals surface area (Å²) in [4.78, 5) is 21.0. The fourth-order valence-corrected chi connectivity index (χ4v) is 3.09. The standard InChI is InChI=1S/C18H23N3O2/c1-12-5-6-13(2)16(11-12)20-7-9-21(10-8-20)18(22)17-14(3)23-15(4)19-17/h5-6,11H,7-10H2,1-4H3. The van der Waals surface area contributed by atoms with Gasteiger partial charge in [0.15, 0.2) is 11.6 Å². The van der Waals surface area contributed by atoms with E-state index in [1.807, 2.05) is 4.90 Å². The molecule has 0 spiro atoms. The molecular formula is C18H23N3O2. The van der Waals surface area contributed by atoms with Gasteiger partial charge >= 0.3 is 0 Å². The molecule has 0 saturated carbocycles. The van der Waals surface area contributed by atoms with Gasteiger partial charge in [0.1, 0.15) is 5.76 Å². The summed E-state index contributed by atoms with van der Waals surface area (Å²) in [5.74, 6) is 1.12. The van der Waals surface area contributed by atoms with E-state index in [9.17, 15) is 4.79 Å². The van der Waals surface area contributed by atoms with Crippen molar-refractivity contribution in [3.05, 3.63) is 46.7 Å². The minimum absolute atomic E-state index is 0.0278. The van der Waals surface area contributed by atoms with Gasteiger partial charge in [-0.05, 0) is 38.0 Å². The maximum atomic E-state index is 12.6. The summed E-state index contributed by atoms with van der Waals surface area (Å²) in [6.07, 6.45) is 0. The molecule has 1 aromatic heterocycles. The van der Waals surface area contributed by atoms with Crippen LogP contribution in [0.5, 0.6) is 0 Å². The molecule has 23 heavy (non-hydrogen) atoms. The fourth-order valence-electron chi connectivity index (χ4n) is 3.09. The number of hydrogen-bond acceptors (Lipinski definition) is 4. The van der Waals surface area contributed by atoms with Crippen LogP contribution in [0.15, 0.2) is 22.6 Å². The number of carbonyl (C=O) groups excluding carboxylic acids is 1. The molecule has 2 heterocycles. The van der Waals surface area contributed by atoms with Gasteiger partial charge in [0, 0.05) is 38.8 Å². The number of benzene rings is 1. The summed E-state index contributed by atoms with van der Waals surface area (Å²) in [5, 5.41) is 0. The predicted molar refractivity (Wildman–Crippen MR) is 90.0 cm³/mol. The van der Waals surface area contributed by atoms with Crippen LogP contribution in [-0.4, -0.2) is 42.0 Å². The lowest BCUT2D eigenvalue weighted by Crippen LogP contribution is -2.49. The summed E-state index contributed by atoms with van der Waals surface area (Å²) in [5.41, 5.74) is 4.25. The topological polar surface area (TPSA) is 49.6 Å². The molecular weight excluding hydrogens is 290 g/mol. The molecule has 5 heteroatoms. The van der Waals surface area contributed by atoms with Crippen molar-refractivity contribution in [1.82, 2.24) is 9.88 Å². The molecule has 1 aliphatic heterocycles. The average molecular weight is 313 g/mol. The molecule has 0 unspecified atom stereocenters. The smallest absolute Gasteiger partial charge is 0.276 e. The number of aryl methyl sites for hydroxylation is 4. The van der Waals surface area contributed by atoms with Crippen molar-refractivity contribution in [3.63, 3.8) is 0 Å². The maximum absolute atomic E-state index is 12.6. The highest BCUT2D eigenvalue weighted by Crippen LogP contribution is 2.23. The van der Waals surface area contributed by atoms with Crippen molar-refractivity contribution in [2.45, 2.75) is 27.7 Å². The van der Waals surface area contributed by atoms with Crippen LogP contribution in [0.25, 0.3) is 0 Å². The molecule has 0 radical (unpaired) electrons. The van der Waals surface area contributed by atoms with E-state index in [0.717, 1.165) is 13.1 Å². The van der Waals surface area contributed by atoms with Gasteiger partial charge in [0.05, 0.1) is 0 Å². The summed E-state index contributed by atoms with van der Waals surface area (Å²) >= 11 is 0. The fraction of sp³-hybridized carbons (Fsp3) is 0.444. The molecule has 0 N–H and O–H groups in total. The Hall–Kier alpha value is -2.30. The van der Waals surface area contributed by atoms with Crippen molar-refractivity contribution >= 4 is 11.6 Å². The van der Waals surface area contributed by atoms with Gasteiger partial charge in [-0.25, -0.2) is 4.98 Å². The van der Waals surface area contributed by atoms with Crippen LogP contribution >= 0.6 is 0 Å². The molecule has 1 aliphatic rings. The van der Waals surface area contributed by atoms with Crippen molar-refractivity contribution in [2.24, 2.45) is 0 Å². The number of anilines is 1. The Morgan fingerprint density at radius 3 is 2.39 bits per heavy atom. The Morgan fingerprint density at radius 2 is 1.78 bits per heavy atom. The first-order valence-electron chi connectivity index (χ1n) is 8.01. The highest BCUT2D eigenvalue weighted by molar-refractivity contribution is 5.93. The van der Waals surface area contributed by atoms with E-state index < -0.39 is 0 Å². The number of rotatable bonds is 2. The molecule has 1 amide bonds. The number of carbonyl (C=O) groups is 1. The molecule has 1 saturated heterocycles. The molecule has 0 atom stereocenters. The zero-order valence-corrected chi connectivity index (χ0v) is 14.2. The van der Waals surface area contributed by atoms with E-state index in [1.54, 1.807) is 13.8 Å². The normalized spacial score (nSPS) is 15.1. The van der Waals surface area contributed by atoms with Gasteiger partial charge in [-0.15, -0.1) is 0 Å². The van der Waals surface area contributed by atoms with Crippen LogP contribution in [0.2, 0.25) is 0 Å². The van der Waals surface area contributed by atoms with Gasteiger partial charge in [-0.2, -0.15) is 0 Å². The second-order valence-corrected chi connectivity index (χ2v) is 6.21. The Bertz CT molecular complexity index is 728. The molecule has 122 valence electrons. The summed E-state index contributed by atoms with van der Waals surface area (Å²) < 4.78 is 5.38. The quantitative estimate of drug-likeness (QED) is 0.855. The Balaban J connectivity index is 1.70. The lowest BCUT2D eigenvalue weighted by atomic mass is 10.1. The Labute approximate surface area is 136 Å². The third-order valence-electron chi connectivity index (χ3n) is 4.38. The zero-order chi connectivity index (χ0) is 16.6. The molecule has 0 bridgehead atoms. The first kappa shape index (κ1) is 15.6. The maximum Gasteiger partial charge on any atom is 0.276 e. The highest BCUT2D eigenvalue weighted by atomic mass is 16.4. The van der Waals surface area contributed by atoms with Gasteiger partial charge in [0.2, 0.25) is 0 Å². The van der Waals surface area contributed by atoms with Crippen LogP contribution in [0.1, 0.15) is 33.3 Å². The minimum Gasteiger partial charge on any atom is -0.445 e. The second-order valence-electron chi connectivity index (χ2n) is 6.21. The van der Waals surface area contributed by atoms with E-state index in [2.05, 4.69) is 41.9 Å². The van der Waals surface area contributed by atoms with Crippen molar-refractivity contribution in [3.8, 4) is 0 Å². The minimum atomic E-state index is -0.0278. The highest BCUT2D eigenvalue weighted by Gasteiger charge is 2.26. The van der Waals surface area contributed by atoms with Gasteiger partial charge in [-0.3, -0.25) is 4.79 Å². The third-order valence-corrected chi connectivity index (χ3v) is 4.38. The number of nitrogens with zero attached hydrogens (tertiary/aromatic N) is 3. The van der Waals surface area contributed by atoms with Crippen molar-refractivity contribution in [1.29, 1.82) is 0 Å². The first-order chi connectivity index (χ1) is 11.0. The molecule has 5 nitrogen and oxygen atoms in total. The summed E-state index contributed by atoms with van der Waals surface area (Å²) in [7, 11) is 0. The summed E-state index contributed by atoms with van der Waals surface area (Å²) in [6, 6.07) is 6.51. The van der Waals surface area contributed by atoms with Crippen LogP contribution in [0.4, 0.5) is 5.69 Å². The molecule has 2 aromatic rings. The molecule has 3 rings (SSSR count). The zero-order valence-electron chi connectivity index (χ0n) is 14.2. The van der Waals surface area contributed by atoms with Crippen LogP contribution in [0, 0.1) is 27.7 Å². The third kappa shape index (κ3) is 3.09. The number of piperazine rings is 1. The number of amides is 1. The monoisotopic (exact) mass is 313 g/mol. The Kier molecular flexibility index (Phi) is 4.11. The van der Waals surface area contributed by atoms with E-state index in [1.165, 1.54) is 16.8 Å². The largest absolute Gasteiger partial charge is 0.445 e. The van der Waals surface area contributed by atoms with Gasteiger partial charge < -0.3 is 14.2 Å². The van der Waals surface area contributed by atoms with Crippen LogP contribution in [0.3, 0.4) is 0 Å². The molecule has 1 aromatic carbocycles. The molecule has 1 fully saturated rings. The van der Waals surface area contributed by atoms with E-state index in [4.69, 9.17) is 4.42 Å². The number of aromatic nitrogens is 1. The summed E-state index contributed by atoms with van der Waals surface area (Å²) in [6.45, 7) is 10.9. The van der Waals surface area contributed by atoms with Crippen molar-refractivity contribution < 1.29 is 9.21 Å². The molecule has 0 aliphatic carbocycles. The Morgan fingerprint density at radius 1 is 1.09 bits per heavy atom. The predicted octanol–water partition coefficient (Wildman–Crippen LogP) is 2.87. The van der Waals surface area contributed by atoms with Crippen molar-refractivity contribution in [2.75, 3.05) is 31.1 Å². The lowest BCUT2D eigenvalue weighted by Gasteiger charge is -2.36.